The third-order valence-electron chi connectivity index (χ3n) is 4.25. The molecule has 0 bridgehead atoms. The number of esters is 1. The number of carbonyl (C=O) groups excluding carboxylic acids is 3. The Morgan fingerprint density at radius 3 is 2.61 bits per heavy atom. The Balaban J connectivity index is 1.96. The van der Waals surface area contributed by atoms with Gasteiger partial charge in [0.2, 0.25) is 5.91 Å². The fourth-order valence-corrected chi connectivity index (χ4v) is 4.16. The van der Waals surface area contributed by atoms with E-state index in [2.05, 4.69) is 5.32 Å². The van der Waals surface area contributed by atoms with Crippen molar-refractivity contribution in [2.45, 2.75) is 43.6 Å². The maximum atomic E-state index is 12.4. The maximum absolute atomic E-state index is 12.4. The topological polar surface area (TPSA) is 176 Å². The smallest absolute Gasteiger partial charge is 0.352 e. The lowest BCUT2D eigenvalue weighted by molar-refractivity contribution is -0.151. The van der Waals surface area contributed by atoms with Crippen LogP contribution in [-0.2, 0) is 28.7 Å². The molecule has 5 N–H and O–H groups in total. The number of ether oxygens (including phenoxy) is 1. The van der Waals surface area contributed by atoms with Crippen molar-refractivity contribution < 1.29 is 38.9 Å². The number of fused-ring (bicyclic) bond motifs is 1. The molecule has 2 amide bonds. The molecule has 0 aliphatic carbocycles. The van der Waals surface area contributed by atoms with Crippen molar-refractivity contribution in [3.8, 4) is 0 Å². The molecule has 0 aromatic rings. The van der Waals surface area contributed by atoms with Gasteiger partial charge in [-0.3, -0.25) is 24.1 Å². The highest BCUT2D eigenvalue weighted by atomic mass is 32.2. The minimum atomic E-state index is -1.31. The van der Waals surface area contributed by atoms with Crippen LogP contribution < -0.4 is 11.1 Å². The van der Waals surface area contributed by atoms with Crippen LogP contribution in [0.2, 0.25) is 0 Å². The average molecular weight is 415 g/mol. The Kier molecular flexibility index (Phi) is 7.02. The largest absolute Gasteiger partial charge is 0.480 e. The van der Waals surface area contributed by atoms with Gasteiger partial charge in [0.25, 0.3) is 5.91 Å². The van der Waals surface area contributed by atoms with E-state index in [1.807, 2.05) is 0 Å². The van der Waals surface area contributed by atoms with Crippen molar-refractivity contribution in [1.29, 1.82) is 0 Å². The molecule has 154 valence electrons. The van der Waals surface area contributed by atoms with Crippen LogP contribution in [0.15, 0.2) is 11.3 Å². The number of hydrogen-bond donors (Lipinski definition) is 4. The Bertz CT molecular complexity index is 737. The van der Waals surface area contributed by atoms with Gasteiger partial charge in [-0.15, -0.1) is 11.8 Å². The highest BCUT2D eigenvalue weighted by molar-refractivity contribution is 8.00. The molecule has 0 aromatic carbocycles. The average Bonchev–Trinajstić information content (AvgIpc) is 2.62. The quantitative estimate of drug-likeness (QED) is 0.266. The molecular formula is C16H21N3O8S. The van der Waals surface area contributed by atoms with Gasteiger partial charge in [0.1, 0.15) is 29.8 Å². The summed E-state index contributed by atoms with van der Waals surface area (Å²) >= 11 is 1.26. The molecule has 2 aliphatic heterocycles. The summed E-state index contributed by atoms with van der Waals surface area (Å²) in [5, 5.41) is 20.1. The summed E-state index contributed by atoms with van der Waals surface area (Å²) in [7, 11) is 0. The number of carbonyl (C=O) groups is 5. The van der Waals surface area contributed by atoms with Crippen LogP contribution in [0.4, 0.5) is 0 Å². The van der Waals surface area contributed by atoms with Gasteiger partial charge in [0, 0.05) is 24.7 Å². The molecular weight excluding hydrogens is 394 g/mol. The van der Waals surface area contributed by atoms with Crippen molar-refractivity contribution in [3.63, 3.8) is 0 Å². The van der Waals surface area contributed by atoms with E-state index in [4.69, 9.17) is 15.6 Å². The van der Waals surface area contributed by atoms with Gasteiger partial charge in [-0.1, -0.05) is 0 Å². The number of carboxylic acids is 2. The zero-order chi connectivity index (χ0) is 21.0. The van der Waals surface area contributed by atoms with Crippen molar-refractivity contribution in [3.05, 3.63) is 11.3 Å². The first kappa shape index (κ1) is 21.7. The molecule has 2 aliphatic rings. The van der Waals surface area contributed by atoms with Crippen LogP contribution in [0.25, 0.3) is 0 Å². The Morgan fingerprint density at radius 1 is 1.36 bits per heavy atom. The molecule has 0 aromatic heterocycles. The molecule has 0 saturated carbocycles. The van der Waals surface area contributed by atoms with Crippen LogP contribution >= 0.6 is 11.8 Å². The fraction of sp³-hybridized carbons (Fsp3) is 0.562. The van der Waals surface area contributed by atoms with Crippen molar-refractivity contribution in [2.75, 3.05) is 12.4 Å². The summed E-state index contributed by atoms with van der Waals surface area (Å²) in [4.78, 5) is 58.7. The number of β-lactam (4-membered cyclic amide) rings is 1. The van der Waals surface area contributed by atoms with E-state index in [1.54, 1.807) is 0 Å². The van der Waals surface area contributed by atoms with Crippen molar-refractivity contribution >= 4 is 41.5 Å². The van der Waals surface area contributed by atoms with E-state index >= 15 is 0 Å². The lowest BCUT2D eigenvalue weighted by Gasteiger charge is -2.49. The molecule has 1 unspecified atom stereocenters. The van der Waals surface area contributed by atoms with E-state index < -0.39 is 47.2 Å². The predicted molar refractivity (Wildman–Crippen MR) is 95.8 cm³/mol. The summed E-state index contributed by atoms with van der Waals surface area (Å²) in [5.74, 6) is -3.79. The zero-order valence-corrected chi connectivity index (χ0v) is 15.9. The molecule has 1 saturated heterocycles. The molecule has 12 heteroatoms. The Labute approximate surface area is 164 Å². The van der Waals surface area contributed by atoms with Gasteiger partial charge in [0.05, 0.1) is 0 Å². The number of thioether (sulfide) groups is 1. The second kappa shape index (κ2) is 9.06. The van der Waals surface area contributed by atoms with Gasteiger partial charge < -0.3 is 26.0 Å². The molecule has 1 fully saturated rings. The number of nitrogens with two attached hydrogens (primary N) is 1. The molecule has 0 radical (unpaired) electrons. The summed E-state index contributed by atoms with van der Waals surface area (Å²) < 4.78 is 4.84. The Morgan fingerprint density at radius 2 is 2.04 bits per heavy atom. The lowest BCUT2D eigenvalue weighted by Crippen LogP contribution is -2.70. The number of aliphatic carboxylic acids is 2. The second-order valence-electron chi connectivity index (χ2n) is 6.33. The van der Waals surface area contributed by atoms with Gasteiger partial charge in [-0.25, -0.2) is 4.79 Å². The van der Waals surface area contributed by atoms with E-state index in [1.165, 1.54) is 18.7 Å². The third kappa shape index (κ3) is 4.81. The normalized spacial score (nSPS) is 22.1. The second-order valence-corrected chi connectivity index (χ2v) is 7.43. The van der Waals surface area contributed by atoms with Gasteiger partial charge in [-0.2, -0.15) is 0 Å². The number of amides is 2. The van der Waals surface area contributed by atoms with Crippen LogP contribution in [0.3, 0.4) is 0 Å². The van der Waals surface area contributed by atoms with Crippen LogP contribution in [0.5, 0.6) is 0 Å². The Hall–Kier alpha value is -2.60. The number of nitrogens with zero attached hydrogens (tertiary/aromatic N) is 1. The van der Waals surface area contributed by atoms with Crippen LogP contribution in [0.1, 0.15) is 26.2 Å². The van der Waals surface area contributed by atoms with E-state index in [9.17, 15) is 29.1 Å². The van der Waals surface area contributed by atoms with E-state index in [-0.39, 0.29) is 37.3 Å². The highest BCUT2D eigenvalue weighted by Gasteiger charge is 2.54. The first-order chi connectivity index (χ1) is 13.1. The van der Waals surface area contributed by atoms with Gasteiger partial charge in [0.15, 0.2) is 0 Å². The highest BCUT2D eigenvalue weighted by Crippen LogP contribution is 2.40. The predicted octanol–water partition coefficient (Wildman–Crippen LogP) is -1.13. The third-order valence-corrected chi connectivity index (χ3v) is 5.59. The number of carboxylic acid groups (broad SMARTS) is 2. The van der Waals surface area contributed by atoms with Crippen molar-refractivity contribution in [2.24, 2.45) is 5.73 Å². The fourth-order valence-electron chi connectivity index (χ4n) is 2.83. The standard InChI is InChI=1S/C16H21N3O8S/c1-7(20)27-5-8-6-28-14-11(13(22)19(14)12(8)16(25)26)18-10(21)4-2-3-9(17)15(23)24/h9,11,14H,2-6,17H2,1H3,(H,18,21)(H,23,24)(H,25,26)/t9?,11-,14-/m0/s1. The van der Waals surface area contributed by atoms with E-state index in [0.29, 0.717) is 5.57 Å². The molecule has 2 rings (SSSR count). The summed E-state index contributed by atoms with van der Waals surface area (Å²) in [6.07, 6.45) is 0.368. The molecule has 0 spiro atoms. The van der Waals surface area contributed by atoms with Gasteiger partial charge in [-0.05, 0) is 12.8 Å². The molecule has 2 heterocycles. The number of nitrogens with one attached hydrogen (secondary N) is 1. The van der Waals surface area contributed by atoms with Crippen molar-refractivity contribution in [1.82, 2.24) is 10.2 Å². The summed E-state index contributed by atoms with van der Waals surface area (Å²) in [5.41, 5.74) is 5.44. The van der Waals surface area contributed by atoms with Crippen LogP contribution in [0, 0.1) is 0 Å². The summed E-state index contributed by atoms with van der Waals surface area (Å²) in [6, 6.07) is -1.92. The minimum Gasteiger partial charge on any atom is -0.480 e. The summed E-state index contributed by atoms with van der Waals surface area (Å²) in [6.45, 7) is 0.977. The molecule has 3 atom stereocenters. The monoisotopic (exact) mass is 415 g/mol. The number of hydrogen-bond acceptors (Lipinski definition) is 8. The first-order valence-corrected chi connectivity index (χ1v) is 9.49. The maximum Gasteiger partial charge on any atom is 0.352 e. The number of rotatable bonds is 9. The lowest BCUT2D eigenvalue weighted by atomic mass is 10.0. The van der Waals surface area contributed by atoms with E-state index in [0.717, 1.165) is 4.90 Å². The SMILES string of the molecule is CC(=O)OCC1=C(C(=O)O)N2C(=O)[C@H](NC(=O)CCCC(N)C(=O)O)[C@@H]2SC1. The van der Waals surface area contributed by atoms with Gasteiger partial charge >= 0.3 is 17.9 Å². The minimum absolute atomic E-state index is 0.00146. The first-order valence-electron chi connectivity index (χ1n) is 8.44. The molecule has 11 nitrogen and oxygen atoms in total. The zero-order valence-electron chi connectivity index (χ0n) is 15.0. The van der Waals surface area contributed by atoms with Crippen LogP contribution in [-0.4, -0.2) is 74.7 Å². The molecule has 28 heavy (non-hydrogen) atoms.